The molecule has 74 valence electrons. The Labute approximate surface area is 70.9 Å². The molecule has 0 fully saturated rings. The molecule has 5 N–H and O–H groups in total. The molecule has 0 aliphatic rings. The number of hydrogen-bond acceptors (Lipinski definition) is 5. The van der Waals surface area contributed by atoms with E-state index in [2.05, 4.69) is 0 Å². The molecule has 5 nitrogen and oxygen atoms in total. The van der Waals surface area contributed by atoms with Crippen molar-refractivity contribution in [1.29, 1.82) is 0 Å². The van der Waals surface area contributed by atoms with Crippen molar-refractivity contribution in [3.8, 4) is 0 Å². The van der Waals surface area contributed by atoms with Crippen LogP contribution in [0.2, 0.25) is 0 Å². The minimum absolute atomic E-state index is 0.156. The minimum Gasteiger partial charge on any atom is -0.394 e. The maximum Gasteiger partial charge on any atom is 0.103 e. The molecule has 0 heterocycles. The molecule has 0 radical (unpaired) electrons. The topological polar surface area (TPSA) is 101 Å². The molecule has 0 aromatic heterocycles. The Kier molecular flexibility index (Phi) is 6.23. The summed E-state index contributed by atoms with van der Waals surface area (Å²) < 4.78 is 0. The van der Waals surface area contributed by atoms with E-state index in [-0.39, 0.29) is 19.4 Å². The second kappa shape index (κ2) is 6.33. The van der Waals surface area contributed by atoms with Crippen LogP contribution in [0.15, 0.2) is 0 Å². The van der Waals surface area contributed by atoms with Gasteiger partial charge in [-0.3, -0.25) is 0 Å². The normalized spacial score (nSPS) is 18.8. The molecular formula is C7H16O5. The Morgan fingerprint density at radius 3 is 1.75 bits per heavy atom. The highest BCUT2D eigenvalue weighted by atomic mass is 16.4. The fourth-order valence-corrected chi connectivity index (χ4v) is 0.768. The zero-order valence-electron chi connectivity index (χ0n) is 6.80. The van der Waals surface area contributed by atoms with Crippen molar-refractivity contribution < 1.29 is 25.5 Å². The first-order valence-corrected chi connectivity index (χ1v) is 3.87. The Balaban J connectivity index is 3.49. The summed E-state index contributed by atoms with van der Waals surface area (Å²) in [5.74, 6) is 0. The van der Waals surface area contributed by atoms with Crippen LogP contribution in [-0.4, -0.2) is 57.1 Å². The zero-order valence-corrected chi connectivity index (χ0v) is 6.80. The lowest BCUT2D eigenvalue weighted by Crippen LogP contribution is -2.30. The summed E-state index contributed by atoms with van der Waals surface area (Å²) in [5, 5.41) is 43.6. The smallest absolute Gasteiger partial charge is 0.103 e. The summed E-state index contributed by atoms with van der Waals surface area (Å²) in [7, 11) is 0. The maximum absolute atomic E-state index is 9.06. The van der Waals surface area contributed by atoms with E-state index in [0.717, 1.165) is 0 Å². The highest BCUT2D eigenvalue weighted by Crippen LogP contribution is 2.04. The number of aliphatic hydroxyl groups excluding tert-OH is 5. The molecule has 0 saturated heterocycles. The first-order chi connectivity index (χ1) is 5.61. The summed E-state index contributed by atoms with van der Waals surface area (Å²) in [4.78, 5) is 0. The molecule has 3 atom stereocenters. The fraction of sp³-hybridized carbons (Fsp3) is 1.00. The van der Waals surface area contributed by atoms with Gasteiger partial charge in [-0.05, 0) is 12.8 Å². The molecule has 0 amide bonds. The van der Waals surface area contributed by atoms with Crippen LogP contribution in [0.3, 0.4) is 0 Å². The van der Waals surface area contributed by atoms with E-state index in [0.29, 0.717) is 0 Å². The van der Waals surface area contributed by atoms with E-state index in [1.807, 2.05) is 0 Å². The average Bonchev–Trinajstić information content (AvgIpc) is 2.11. The van der Waals surface area contributed by atoms with Crippen molar-refractivity contribution in [3.05, 3.63) is 0 Å². The van der Waals surface area contributed by atoms with Crippen LogP contribution in [0, 0.1) is 0 Å². The predicted molar refractivity (Wildman–Crippen MR) is 41.4 cm³/mol. The zero-order chi connectivity index (χ0) is 9.56. The molecule has 0 aromatic rings. The third-order valence-electron chi connectivity index (χ3n) is 1.64. The van der Waals surface area contributed by atoms with Gasteiger partial charge in [-0.25, -0.2) is 0 Å². The molecule has 0 aliphatic carbocycles. The Hall–Kier alpha value is -0.200. The highest BCUT2D eigenvalue weighted by Gasteiger charge is 2.16. The molecule has 0 saturated carbocycles. The van der Waals surface area contributed by atoms with Gasteiger partial charge in [-0.1, -0.05) is 0 Å². The van der Waals surface area contributed by atoms with Crippen LogP contribution in [0.1, 0.15) is 12.8 Å². The van der Waals surface area contributed by atoms with Gasteiger partial charge in [0.25, 0.3) is 0 Å². The molecule has 5 heteroatoms. The van der Waals surface area contributed by atoms with Crippen molar-refractivity contribution >= 4 is 0 Å². The van der Waals surface area contributed by atoms with Gasteiger partial charge in [0.1, 0.15) is 6.10 Å². The Morgan fingerprint density at radius 1 is 0.750 bits per heavy atom. The largest absolute Gasteiger partial charge is 0.394 e. The molecule has 12 heavy (non-hydrogen) atoms. The van der Waals surface area contributed by atoms with Crippen molar-refractivity contribution in [2.24, 2.45) is 0 Å². The molecule has 0 aromatic carbocycles. The number of aliphatic hydroxyl groups is 5. The van der Waals surface area contributed by atoms with Gasteiger partial charge in [0.05, 0.1) is 25.4 Å². The van der Waals surface area contributed by atoms with Crippen molar-refractivity contribution in [2.45, 2.75) is 31.2 Å². The van der Waals surface area contributed by atoms with E-state index in [4.69, 9.17) is 25.5 Å². The lowest BCUT2D eigenvalue weighted by Gasteiger charge is -2.16. The lowest BCUT2D eigenvalue weighted by molar-refractivity contribution is -0.0260. The monoisotopic (exact) mass is 180 g/mol. The van der Waals surface area contributed by atoms with Gasteiger partial charge in [-0.15, -0.1) is 0 Å². The lowest BCUT2D eigenvalue weighted by atomic mass is 10.1. The van der Waals surface area contributed by atoms with Crippen LogP contribution in [0.4, 0.5) is 0 Å². The molecule has 0 rings (SSSR count). The summed E-state index contributed by atoms with van der Waals surface area (Å²) in [5.41, 5.74) is 0. The predicted octanol–water partition coefficient (Wildman–Crippen LogP) is -2.17. The van der Waals surface area contributed by atoms with E-state index < -0.39 is 24.9 Å². The third kappa shape index (κ3) is 4.63. The van der Waals surface area contributed by atoms with Gasteiger partial charge >= 0.3 is 0 Å². The molecule has 0 aliphatic heterocycles. The number of rotatable bonds is 6. The van der Waals surface area contributed by atoms with Gasteiger partial charge in [0, 0.05) is 0 Å². The molecule has 1 unspecified atom stereocenters. The van der Waals surface area contributed by atoms with Crippen LogP contribution in [0.5, 0.6) is 0 Å². The van der Waals surface area contributed by atoms with Crippen molar-refractivity contribution in [3.63, 3.8) is 0 Å². The summed E-state index contributed by atoms with van der Waals surface area (Å²) >= 11 is 0. The fourth-order valence-electron chi connectivity index (χ4n) is 0.768. The molecule has 0 bridgehead atoms. The van der Waals surface area contributed by atoms with Crippen LogP contribution in [-0.2, 0) is 0 Å². The van der Waals surface area contributed by atoms with Gasteiger partial charge in [-0.2, -0.15) is 0 Å². The Bertz CT molecular complexity index is 108. The first-order valence-electron chi connectivity index (χ1n) is 3.87. The SMILES string of the molecule is OCC(O)CC[C@H](O)[C@H](O)CO. The number of hydrogen-bond donors (Lipinski definition) is 5. The summed E-state index contributed by atoms with van der Waals surface area (Å²) in [6, 6.07) is 0. The van der Waals surface area contributed by atoms with Crippen LogP contribution in [0.25, 0.3) is 0 Å². The van der Waals surface area contributed by atoms with Crippen LogP contribution < -0.4 is 0 Å². The van der Waals surface area contributed by atoms with Crippen LogP contribution >= 0.6 is 0 Å². The maximum atomic E-state index is 9.06. The molecular weight excluding hydrogens is 164 g/mol. The average molecular weight is 180 g/mol. The van der Waals surface area contributed by atoms with Gasteiger partial charge in [0.15, 0.2) is 0 Å². The standard InChI is InChI=1S/C7H16O5/c8-3-5(10)1-2-6(11)7(12)4-9/h5-12H,1-4H2/t5?,6-,7+/m0/s1. The second-order valence-electron chi connectivity index (χ2n) is 2.73. The summed E-state index contributed by atoms with van der Waals surface area (Å²) in [6.07, 6.45) is -2.73. The van der Waals surface area contributed by atoms with Gasteiger partial charge < -0.3 is 25.5 Å². The van der Waals surface area contributed by atoms with Crippen molar-refractivity contribution in [2.75, 3.05) is 13.2 Å². The van der Waals surface area contributed by atoms with E-state index in [9.17, 15) is 0 Å². The third-order valence-corrected chi connectivity index (χ3v) is 1.64. The Morgan fingerprint density at radius 2 is 1.33 bits per heavy atom. The van der Waals surface area contributed by atoms with Crippen molar-refractivity contribution in [1.82, 2.24) is 0 Å². The quantitative estimate of drug-likeness (QED) is 0.320. The van der Waals surface area contributed by atoms with Gasteiger partial charge in [0.2, 0.25) is 0 Å². The first kappa shape index (κ1) is 11.8. The second-order valence-corrected chi connectivity index (χ2v) is 2.73. The van der Waals surface area contributed by atoms with E-state index in [1.165, 1.54) is 0 Å². The van der Waals surface area contributed by atoms with E-state index in [1.54, 1.807) is 0 Å². The minimum atomic E-state index is -1.17. The summed E-state index contributed by atoms with van der Waals surface area (Å²) in [6.45, 7) is -0.863. The van der Waals surface area contributed by atoms with E-state index >= 15 is 0 Å². The highest BCUT2D eigenvalue weighted by molar-refractivity contribution is 4.67. The molecule has 0 spiro atoms.